The van der Waals surface area contributed by atoms with Crippen LogP contribution >= 0.6 is 0 Å². The van der Waals surface area contributed by atoms with Gasteiger partial charge in [-0.05, 0) is 84.4 Å². The minimum atomic E-state index is -0.271. The Balaban J connectivity index is 1.88. The SMILES string of the molecule is CC(=Cc1ccc(C(=O)OC(C)C)cc1)c1ccc2c(c1)C(C)(C)CCC2(C)C. The van der Waals surface area contributed by atoms with E-state index < -0.39 is 0 Å². The molecule has 0 amide bonds. The Hall–Kier alpha value is -2.35. The first-order valence-electron chi connectivity index (χ1n) is 10.6. The van der Waals surface area contributed by atoms with Gasteiger partial charge in [-0.25, -0.2) is 4.79 Å². The van der Waals surface area contributed by atoms with Crippen molar-refractivity contribution in [3.05, 3.63) is 70.3 Å². The molecule has 0 N–H and O–H groups in total. The zero-order valence-corrected chi connectivity index (χ0v) is 18.9. The number of fused-ring (bicyclic) bond motifs is 1. The topological polar surface area (TPSA) is 26.3 Å². The molecule has 1 aliphatic carbocycles. The molecule has 0 aliphatic heterocycles. The Labute approximate surface area is 176 Å². The first kappa shape index (κ1) is 21.4. The van der Waals surface area contributed by atoms with Crippen LogP contribution in [0.3, 0.4) is 0 Å². The summed E-state index contributed by atoms with van der Waals surface area (Å²) < 4.78 is 5.26. The van der Waals surface area contributed by atoms with Crippen molar-refractivity contribution < 1.29 is 9.53 Å². The molecule has 0 radical (unpaired) electrons. The summed E-state index contributed by atoms with van der Waals surface area (Å²) in [5.74, 6) is -0.271. The van der Waals surface area contributed by atoms with Crippen molar-refractivity contribution in [1.29, 1.82) is 0 Å². The quantitative estimate of drug-likeness (QED) is 0.409. The van der Waals surface area contributed by atoms with Gasteiger partial charge in [-0.1, -0.05) is 64.1 Å². The number of ether oxygens (including phenoxy) is 1. The van der Waals surface area contributed by atoms with E-state index in [-0.39, 0.29) is 22.9 Å². The van der Waals surface area contributed by atoms with E-state index in [2.05, 4.69) is 58.9 Å². The van der Waals surface area contributed by atoms with Crippen molar-refractivity contribution in [2.75, 3.05) is 0 Å². The Kier molecular flexibility index (Phi) is 5.76. The van der Waals surface area contributed by atoms with Gasteiger partial charge in [-0.2, -0.15) is 0 Å². The minimum Gasteiger partial charge on any atom is -0.459 e. The molecule has 0 unspecified atom stereocenters. The zero-order valence-electron chi connectivity index (χ0n) is 18.9. The van der Waals surface area contributed by atoms with Gasteiger partial charge in [0.05, 0.1) is 11.7 Å². The van der Waals surface area contributed by atoms with Crippen LogP contribution < -0.4 is 0 Å². The molecule has 2 aromatic rings. The standard InChI is InChI=1S/C27H34O2/c1-18(2)29-25(28)21-10-8-20(9-11-21)16-19(3)22-12-13-23-24(17-22)27(6,7)15-14-26(23,4)5/h8-13,16-18H,14-15H2,1-7H3. The highest BCUT2D eigenvalue weighted by Crippen LogP contribution is 2.46. The predicted octanol–water partition coefficient (Wildman–Crippen LogP) is 7.16. The largest absolute Gasteiger partial charge is 0.459 e. The number of allylic oxidation sites excluding steroid dienone is 1. The molecule has 0 atom stereocenters. The molecule has 3 rings (SSSR count). The zero-order chi connectivity index (χ0) is 21.4. The number of esters is 1. The summed E-state index contributed by atoms with van der Waals surface area (Å²) in [6.45, 7) is 15.3. The van der Waals surface area contributed by atoms with Crippen LogP contribution in [0.5, 0.6) is 0 Å². The van der Waals surface area contributed by atoms with Crippen LogP contribution in [0, 0.1) is 0 Å². The maximum absolute atomic E-state index is 12.0. The van der Waals surface area contributed by atoms with Crippen molar-refractivity contribution in [3.8, 4) is 0 Å². The van der Waals surface area contributed by atoms with Crippen LogP contribution in [0.2, 0.25) is 0 Å². The Morgan fingerprint density at radius 2 is 1.45 bits per heavy atom. The van der Waals surface area contributed by atoms with Gasteiger partial charge in [-0.3, -0.25) is 0 Å². The highest BCUT2D eigenvalue weighted by atomic mass is 16.5. The van der Waals surface area contributed by atoms with Crippen LogP contribution in [-0.4, -0.2) is 12.1 Å². The molecule has 0 fully saturated rings. The highest BCUT2D eigenvalue weighted by Gasteiger charge is 2.36. The van der Waals surface area contributed by atoms with Crippen LogP contribution in [0.15, 0.2) is 42.5 Å². The molecule has 0 saturated carbocycles. The smallest absolute Gasteiger partial charge is 0.338 e. The normalized spacial score (nSPS) is 17.7. The summed E-state index contributed by atoms with van der Waals surface area (Å²) in [6.07, 6.45) is 4.52. The average Bonchev–Trinajstić information content (AvgIpc) is 2.65. The van der Waals surface area contributed by atoms with Gasteiger partial charge in [0.2, 0.25) is 0 Å². The number of rotatable bonds is 4. The maximum Gasteiger partial charge on any atom is 0.338 e. The lowest BCUT2D eigenvalue weighted by atomic mass is 9.63. The third-order valence-corrected chi connectivity index (χ3v) is 6.18. The molecule has 0 heterocycles. The summed E-state index contributed by atoms with van der Waals surface area (Å²) in [5.41, 5.74) is 7.57. The second-order valence-corrected chi connectivity index (χ2v) is 9.93. The number of benzene rings is 2. The van der Waals surface area contributed by atoms with Crippen LogP contribution in [0.25, 0.3) is 11.6 Å². The van der Waals surface area contributed by atoms with Crippen LogP contribution in [0.1, 0.15) is 93.9 Å². The summed E-state index contributed by atoms with van der Waals surface area (Å²) in [4.78, 5) is 12.0. The summed E-state index contributed by atoms with van der Waals surface area (Å²) >= 11 is 0. The molecule has 2 nitrogen and oxygen atoms in total. The van der Waals surface area contributed by atoms with Crippen LogP contribution in [-0.2, 0) is 15.6 Å². The lowest BCUT2D eigenvalue weighted by Crippen LogP contribution is -2.33. The fourth-order valence-corrected chi connectivity index (χ4v) is 4.16. The van der Waals surface area contributed by atoms with Crippen molar-refractivity contribution in [2.45, 2.75) is 78.2 Å². The fourth-order valence-electron chi connectivity index (χ4n) is 4.16. The monoisotopic (exact) mass is 390 g/mol. The Morgan fingerprint density at radius 3 is 2.03 bits per heavy atom. The van der Waals surface area contributed by atoms with Gasteiger partial charge in [0.15, 0.2) is 0 Å². The van der Waals surface area contributed by atoms with Crippen molar-refractivity contribution in [3.63, 3.8) is 0 Å². The maximum atomic E-state index is 12.0. The van der Waals surface area contributed by atoms with Crippen molar-refractivity contribution >= 4 is 17.6 Å². The van der Waals surface area contributed by atoms with E-state index in [1.54, 1.807) is 0 Å². The minimum absolute atomic E-state index is 0.109. The first-order valence-corrected chi connectivity index (χ1v) is 10.6. The molecular weight excluding hydrogens is 356 g/mol. The summed E-state index contributed by atoms with van der Waals surface area (Å²) in [7, 11) is 0. The Bertz CT molecular complexity index is 928. The first-order chi connectivity index (χ1) is 13.5. The molecule has 2 heteroatoms. The lowest BCUT2D eigenvalue weighted by molar-refractivity contribution is 0.0378. The van der Waals surface area contributed by atoms with E-state index in [1.807, 2.05) is 38.1 Å². The van der Waals surface area contributed by atoms with Gasteiger partial charge in [0.25, 0.3) is 0 Å². The molecule has 0 aromatic heterocycles. The van der Waals surface area contributed by atoms with Crippen molar-refractivity contribution in [2.24, 2.45) is 0 Å². The van der Waals surface area contributed by atoms with Crippen molar-refractivity contribution in [1.82, 2.24) is 0 Å². The Morgan fingerprint density at radius 1 is 0.897 bits per heavy atom. The number of carbonyl (C=O) groups is 1. The highest BCUT2D eigenvalue weighted by molar-refractivity contribution is 5.90. The van der Waals surface area contributed by atoms with Gasteiger partial charge >= 0.3 is 5.97 Å². The number of carbonyl (C=O) groups excluding carboxylic acids is 1. The van der Waals surface area contributed by atoms with E-state index >= 15 is 0 Å². The predicted molar refractivity (Wildman–Crippen MR) is 122 cm³/mol. The number of hydrogen-bond acceptors (Lipinski definition) is 2. The third kappa shape index (κ3) is 4.63. The molecule has 29 heavy (non-hydrogen) atoms. The molecule has 0 bridgehead atoms. The molecule has 154 valence electrons. The molecule has 1 aliphatic rings. The van der Waals surface area contributed by atoms with Gasteiger partial charge in [-0.15, -0.1) is 0 Å². The van der Waals surface area contributed by atoms with Gasteiger partial charge in [0.1, 0.15) is 0 Å². The van der Waals surface area contributed by atoms with E-state index in [1.165, 1.54) is 35.1 Å². The van der Waals surface area contributed by atoms with E-state index in [0.29, 0.717) is 5.56 Å². The van der Waals surface area contributed by atoms with E-state index in [9.17, 15) is 4.79 Å². The molecule has 0 spiro atoms. The fraction of sp³-hybridized carbons (Fsp3) is 0.444. The molecule has 2 aromatic carbocycles. The van der Waals surface area contributed by atoms with E-state index in [0.717, 1.165) is 5.56 Å². The van der Waals surface area contributed by atoms with Gasteiger partial charge < -0.3 is 4.74 Å². The summed E-state index contributed by atoms with van der Waals surface area (Å²) in [6, 6.07) is 14.6. The average molecular weight is 391 g/mol. The molecule has 0 saturated heterocycles. The van der Waals surface area contributed by atoms with Gasteiger partial charge in [0, 0.05) is 0 Å². The number of hydrogen-bond donors (Lipinski definition) is 0. The molecular formula is C27H34O2. The summed E-state index contributed by atoms with van der Waals surface area (Å²) in [5, 5.41) is 0. The third-order valence-electron chi connectivity index (χ3n) is 6.18. The van der Waals surface area contributed by atoms with E-state index in [4.69, 9.17) is 4.74 Å². The van der Waals surface area contributed by atoms with Crippen LogP contribution in [0.4, 0.5) is 0 Å². The lowest BCUT2D eigenvalue weighted by Gasteiger charge is -2.42. The second kappa shape index (κ2) is 7.82. The second-order valence-electron chi connectivity index (χ2n) is 9.93.